The third-order valence-electron chi connectivity index (χ3n) is 2.33. The van der Waals surface area contributed by atoms with Gasteiger partial charge in [0.25, 0.3) is 0 Å². The van der Waals surface area contributed by atoms with Gasteiger partial charge < -0.3 is 10.4 Å². The Morgan fingerprint density at radius 3 is 3.00 bits per heavy atom. The number of pyridine rings is 1. The Labute approximate surface area is 99.7 Å². The summed E-state index contributed by atoms with van der Waals surface area (Å²) in [5.74, 6) is 0.574. The number of aliphatic hydroxyl groups is 1. The quantitative estimate of drug-likeness (QED) is 0.811. The van der Waals surface area contributed by atoms with Gasteiger partial charge in [0, 0.05) is 17.5 Å². The van der Waals surface area contributed by atoms with Gasteiger partial charge in [-0.2, -0.15) is 17.0 Å². The zero-order chi connectivity index (χ0) is 12.0. The van der Waals surface area contributed by atoms with Crippen LogP contribution in [0.5, 0.6) is 0 Å². The molecule has 0 aromatic carbocycles. The maximum absolute atomic E-state index is 9.15. The summed E-state index contributed by atoms with van der Waals surface area (Å²) in [6.45, 7) is 2.07. The molecule has 0 spiro atoms. The van der Waals surface area contributed by atoms with Crippen LogP contribution >= 0.6 is 11.8 Å². The molecule has 0 aliphatic rings. The maximum Gasteiger partial charge on any atom is 0.144 e. The highest BCUT2D eigenvalue weighted by Crippen LogP contribution is 2.17. The number of rotatable bonds is 5. The summed E-state index contributed by atoms with van der Waals surface area (Å²) >= 11 is 1.59. The SMILES string of the molecule is CSC(CO)C(C)Nc1ncccc1C#N. The van der Waals surface area contributed by atoms with E-state index in [9.17, 15) is 0 Å². The van der Waals surface area contributed by atoms with Gasteiger partial charge in [0.1, 0.15) is 11.9 Å². The molecule has 0 radical (unpaired) electrons. The molecule has 0 aliphatic heterocycles. The van der Waals surface area contributed by atoms with E-state index in [1.807, 2.05) is 13.2 Å². The van der Waals surface area contributed by atoms with Crippen molar-refractivity contribution in [3.05, 3.63) is 23.9 Å². The van der Waals surface area contributed by atoms with Gasteiger partial charge in [0.15, 0.2) is 0 Å². The first-order valence-corrected chi connectivity index (χ1v) is 6.27. The molecule has 0 bridgehead atoms. The van der Waals surface area contributed by atoms with Crippen molar-refractivity contribution in [2.24, 2.45) is 0 Å². The van der Waals surface area contributed by atoms with Crippen molar-refractivity contribution in [3.8, 4) is 6.07 Å². The highest BCUT2D eigenvalue weighted by Gasteiger charge is 2.16. The van der Waals surface area contributed by atoms with E-state index in [1.165, 1.54) is 0 Å². The standard InChI is InChI=1S/C11H15N3OS/c1-8(10(7-15)16-2)14-11-9(6-12)4-3-5-13-11/h3-5,8,10,15H,7H2,1-2H3,(H,13,14). The lowest BCUT2D eigenvalue weighted by atomic mass is 10.2. The van der Waals surface area contributed by atoms with Gasteiger partial charge in [-0.1, -0.05) is 0 Å². The molecule has 86 valence electrons. The molecule has 0 saturated heterocycles. The van der Waals surface area contributed by atoms with Gasteiger partial charge in [-0.05, 0) is 25.3 Å². The summed E-state index contributed by atoms with van der Waals surface area (Å²) < 4.78 is 0. The molecule has 0 fully saturated rings. The number of nitrogens with zero attached hydrogens (tertiary/aromatic N) is 2. The van der Waals surface area contributed by atoms with Crippen molar-refractivity contribution in [2.75, 3.05) is 18.2 Å². The maximum atomic E-state index is 9.15. The second-order valence-corrected chi connectivity index (χ2v) is 4.48. The van der Waals surface area contributed by atoms with Crippen LogP contribution in [0.25, 0.3) is 0 Å². The van der Waals surface area contributed by atoms with Crippen LogP contribution in [0.1, 0.15) is 12.5 Å². The lowest BCUT2D eigenvalue weighted by Crippen LogP contribution is -2.31. The molecular formula is C11H15N3OS. The van der Waals surface area contributed by atoms with Crippen molar-refractivity contribution < 1.29 is 5.11 Å². The molecule has 4 nitrogen and oxygen atoms in total. The summed E-state index contributed by atoms with van der Waals surface area (Å²) in [7, 11) is 0. The molecule has 2 N–H and O–H groups in total. The smallest absolute Gasteiger partial charge is 0.144 e. The molecule has 1 aromatic heterocycles. The second kappa shape index (κ2) is 6.36. The van der Waals surface area contributed by atoms with Crippen LogP contribution in [-0.4, -0.2) is 34.2 Å². The number of hydrogen-bond donors (Lipinski definition) is 2. The van der Waals surface area contributed by atoms with E-state index in [4.69, 9.17) is 10.4 Å². The molecule has 0 amide bonds. The normalized spacial score (nSPS) is 13.9. The predicted molar refractivity (Wildman–Crippen MR) is 66.4 cm³/mol. The Kier molecular flexibility index (Phi) is 5.09. The van der Waals surface area contributed by atoms with Crippen molar-refractivity contribution in [2.45, 2.75) is 18.2 Å². The third kappa shape index (κ3) is 3.12. The topological polar surface area (TPSA) is 68.9 Å². The van der Waals surface area contributed by atoms with Gasteiger partial charge in [-0.3, -0.25) is 0 Å². The third-order valence-corrected chi connectivity index (χ3v) is 3.50. The molecule has 2 unspecified atom stereocenters. The van der Waals surface area contributed by atoms with E-state index in [2.05, 4.69) is 16.4 Å². The van der Waals surface area contributed by atoms with Crippen LogP contribution in [0, 0.1) is 11.3 Å². The van der Waals surface area contributed by atoms with Crippen LogP contribution in [-0.2, 0) is 0 Å². The van der Waals surface area contributed by atoms with Crippen molar-refractivity contribution in [3.63, 3.8) is 0 Å². The Bertz CT molecular complexity index is 374. The van der Waals surface area contributed by atoms with E-state index in [0.29, 0.717) is 11.4 Å². The molecule has 0 saturated carbocycles. The van der Waals surface area contributed by atoms with Gasteiger partial charge in [-0.15, -0.1) is 0 Å². The van der Waals surface area contributed by atoms with Crippen molar-refractivity contribution in [1.82, 2.24) is 4.98 Å². The molecular weight excluding hydrogens is 222 g/mol. The van der Waals surface area contributed by atoms with Crippen molar-refractivity contribution >= 4 is 17.6 Å². The molecule has 1 heterocycles. The van der Waals surface area contributed by atoms with E-state index in [1.54, 1.807) is 30.1 Å². The largest absolute Gasteiger partial charge is 0.395 e. The van der Waals surface area contributed by atoms with E-state index in [-0.39, 0.29) is 17.9 Å². The first-order chi connectivity index (χ1) is 7.72. The minimum absolute atomic E-state index is 0.0574. The van der Waals surface area contributed by atoms with Crippen LogP contribution in [0.3, 0.4) is 0 Å². The zero-order valence-electron chi connectivity index (χ0n) is 9.34. The Balaban J connectivity index is 2.76. The van der Waals surface area contributed by atoms with E-state index in [0.717, 1.165) is 0 Å². The molecule has 5 heteroatoms. The predicted octanol–water partition coefficient (Wildman–Crippen LogP) is 1.48. The lowest BCUT2D eigenvalue weighted by molar-refractivity contribution is 0.288. The van der Waals surface area contributed by atoms with Gasteiger partial charge in [0.2, 0.25) is 0 Å². The van der Waals surface area contributed by atoms with E-state index < -0.39 is 0 Å². The minimum atomic E-state index is 0.0574. The highest BCUT2D eigenvalue weighted by atomic mass is 32.2. The molecule has 0 aliphatic carbocycles. The average Bonchev–Trinajstić information content (AvgIpc) is 2.31. The average molecular weight is 237 g/mol. The van der Waals surface area contributed by atoms with Gasteiger partial charge in [-0.25, -0.2) is 4.98 Å². The fourth-order valence-corrected chi connectivity index (χ4v) is 1.98. The van der Waals surface area contributed by atoms with Gasteiger partial charge >= 0.3 is 0 Å². The summed E-state index contributed by atoms with van der Waals surface area (Å²) in [5, 5.41) is 21.3. The Hall–Kier alpha value is -1.25. The second-order valence-electron chi connectivity index (χ2n) is 3.40. The van der Waals surface area contributed by atoms with Crippen LogP contribution < -0.4 is 5.32 Å². The number of aliphatic hydroxyl groups excluding tert-OH is 1. The van der Waals surface area contributed by atoms with E-state index >= 15 is 0 Å². The van der Waals surface area contributed by atoms with Gasteiger partial charge in [0.05, 0.1) is 12.2 Å². The molecule has 16 heavy (non-hydrogen) atoms. The summed E-state index contributed by atoms with van der Waals surface area (Å²) in [4.78, 5) is 4.12. The van der Waals surface area contributed by atoms with Crippen LogP contribution in [0.2, 0.25) is 0 Å². The minimum Gasteiger partial charge on any atom is -0.395 e. The number of nitriles is 1. The Morgan fingerprint density at radius 2 is 2.44 bits per heavy atom. The summed E-state index contributed by atoms with van der Waals surface area (Å²) in [5.41, 5.74) is 0.521. The summed E-state index contributed by atoms with van der Waals surface area (Å²) in [6, 6.07) is 5.59. The number of nitrogens with one attached hydrogen (secondary N) is 1. The summed E-state index contributed by atoms with van der Waals surface area (Å²) in [6.07, 6.45) is 3.59. The lowest BCUT2D eigenvalue weighted by Gasteiger charge is -2.22. The number of thioether (sulfide) groups is 1. The first kappa shape index (κ1) is 12.8. The first-order valence-electron chi connectivity index (χ1n) is 4.98. The Morgan fingerprint density at radius 1 is 1.69 bits per heavy atom. The highest BCUT2D eigenvalue weighted by molar-refractivity contribution is 7.99. The molecule has 2 atom stereocenters. The fraction of sp³-hybridized carbons (Fsp3) is 0.455. The number of aromatic nitrogens is 1. The number of hydrogen-bond acceptors (Lipinski definition) is 5. The molecule has 1 aromatic rings. The van der Waals surface area contributed by atoms with Crippen molar-refractivity contribution in [1.29, 1.82) is 5.26 Å². The van der Waals surface area contributed by atoms with Crippen LogP contribution in [0.15, 0.2) is 18.3 Å². The number of anilines is 1. The molecule has 1 rings (SSSR count). The van der Waals surface area contributed by atoms with Crippen LogP contribution in [0.4, 0.5) is 5.82 Å². The fourth-order valence-electron chi connectivity index (χ4n) is 1.36. The monoisotopic (exact) mass is 237 g/mol. The zero-order valence-corrected chi connectivity index (χ0v) is 10.2.